The zero-order valence-electron chi connectivity index (χ0n) is 19.4. The van der Waals surface area contributed by atoms with Crippen LogP contribution in [0.1, 0.15) is 57.4 Å². The van der Waals surface area contributed by atoms with Crippen LogP contribution in [0.25, 0.3) is 0 Å². The number of aromatic nitrogens is 1. The molecular formula is C25H33N3O4. The van der Waals surface area contributed by atoms with Crippen LogP contribution in [0.15, 0.2) is 42.5 Å². The molecule has 1 N–H and O–H groups in total. The van der Waals surface area contributed by atoms with Gasteiger partial charge in [0.05, 0.1) is 0 Å². The normalized spacial score (nSPS) is 14.3. The van der Waals surface area contributed by atoms with Crippen molar-refractivity contribution in [2.24, 2.45) is 0 Å². The molecule has 7 nitrogen and oxygen atoms in total. The first-order chi connectivity index (χ1) is 15.2. The number of anilines is 1. The largest absolute Gasteiger partial charge is 0.445 e. The van der Waals surface area contributed by atoms with Gasteiger partial charge in [-0.05, 0) is 70.6 Å². The first-order valence-electron chi connectivity index (χ1n) is 11.2. The van der Waals surface area contributed by atoms with E-state index in [1.165, 1.54) is 0 Å². The van der Waals surface area contributed by atoms with E-state index >= 15 is 0 Å². The number of rotatable bonds is 6. The van der Waals surface area contributed by atoms with Crippen LogP contribution in [-0.4, -0.2) is 35.4 Å². The summed E-state index contributed by atoms with van der Waals surface area (Å²) in [4.78, 5) is 31.1. The first-order valence-corrected chi connectivity index (χ1v) is 11.2. The molecule has 7 heteroatoms. The van der Waals surface area contributed by atoms with Gasteiger partial charge < -0.3 is 14.8 Å². The number of amides is 2. The van der Waals surface area contributed by atoms with Crippen molar-refractivity contribution in [2.75, 3.05) is 11.4 Å². The number of pyridine rings is 1. The van der Waals surface area contributed by atoms with E-state index in [2.05, 4.69) is 5.32 Å². The number of nitrogens with one attached hydrogen (secondary N) is 1. The van der Waals surface area contributed by atoms with Crippen LogP contribution >= 0.6 is 0 Å². The number of aryl methyl sites for hydroxylation is 2. The Labute approximate surface area is 190 Å². The van der Waals surface area contributed by atoms with Gasteiger partial charge in [0.2, 0.25) is 0 Å². The highest BCUT2D eigenvalue weighted by Gasteiger charge is 2.28. The van der Waals surface area contributed by atoms with Crippen LogP contribution in [-0.2, 0) is 28.9 Å². The Bertz CT molecular complexity index is 925. The van der Waals surface area contributed by atoms with Crippen LogP contribution in [0.2, 0.25) is 0 Å². The van der Waals surface area contributed by atoms with Gasteiger partial charge in [0.1, 0.15) is 18.0 Å². The quantitative estimate of drug-likeness (QED) is 0.684. The maximum Gasteiger partial charge on any atom is 0.416 e. The number of carbonyl (C=O) groups is 2. The predicted molar refractivity (Wildman–Crippen MR) is 124 cm³/mol. The maximum absolute atomic E-state index is 12.6. The summed E-state index contributed by atoms with van der Waals surface area (Å²) >= 11 is 0. The summed E-state index contributed by atoms with van der Waals surface area (Å²) in [5, 5.41) is 2.86. The maximum atomic E-state index is 12.6. The summed E-state index contributed by atoms with van der Waals surface area (Å²) < 4.78 is 10.8. The minimum atomic E-state index is -0.553. The number of benzene rings is 1. The van der Waals surface area contributed by atoms with E-state index in [-0.39, 0.29) is 18.7 Å². The average molecular weight is 440 g/mol. The number of fused-ring (bicyclic) bond motifs is 1. The second kappa shape index (κ2) is 10.5. The Kier molecular flexibility index (Phi) is 7.72. The van der Waals surface area contributed by atoms with E-state index in [0.717, 1.165) is 29.7 Å². The lowest BCUT2D eigenvalue weighted by molar-refractivity contribution is 0.0576. The van der Waals surface area contributed by atoms with E-state index in [0.29, 0.717) is 25.2 Å². The van der Waals surface area contributed by atoms with Crippen molar-refractivity contribution in [3.63, 3.8) is 0 Å². The van der Waals surface area contributed by atoms with Crippen molar-refractivity contribution in [1.29, 1.82) is 0 Å². The number of ether oxygens (including phenoxy) is 2. The second-order valence-electron chi connectivity index (χ2n) is 9.17. The van der Waals surface area contributed by atoms with E-state index in [9.17, 15) is 9.59 Å². The lowest BCUT2D eigenvalue weighted by atomic mass is 10.0. The van der Waals surface area contributed by atoms with Crippen LogP contribution in [0, 0.1) is 0 Å². The Morgan fingerprint density at radius 2 is 1.91 bits per heavy atom. The molecule has 1 aliphatic heterocycles. The molecule has 0 spiro atoms. The number of alkyl carbamates (subject to hydrolysis) is 1. The monoisotopic (exact) mass is 439 g/mol. The molecule has 172 valence electrons. The van der Waals surface area contributed by atoms with E-state index in [1.54, 1.807) is 4.90 Å². The zero-order valence-corrected chi connectivity index (χ0v) is 19.4. The highest BCUT2D eigenvalue weighted by atomic mass is 16.6. The molecule has 0 bridgehead atoms. The average Bonchev–Trinajstić information content (AvgIpc) is 2.75. The summed E-state index contributed by atoms with van der Waals surface area (Å²) in [6.45, 7) is 8.36. The number of carbonyl (C=O) groups excluding carboxylic acids is 2. The lowest BCUT2D eigenvalue weighted by Gasteiger charge is -2.31. The molecule has 32 heavy (non-hydrogen) atoms. The van der Waals surface area contributed by atoms with Crippen molar-refractivity contribution in [1.82, 2.24) is 10.3 Å². The van der Waals surface area contributed by atoms with Gasteiger partial charge in [0.25, 0.3) is 0 Å². The topological polar surface area (TPSA) is 80.8 Å². The predicted octanol–water partition coefficient (Wildman–Crippen LogP) is 5.02. The molecule has 0 unspecified atom stereocenters. The molecule has 0 aliphatic carbocycles. The molecule has 2 amide bonds. The van der Waals surface area contributed by atoms with E-state index in [4.69, 9.17) is 14.5 Å². The molecule has 0 radical (unpaired) electrons. The van der Waals surface area contributed by atoms with Crippen LogP contribution in [0.5, 0.6) is 0 Å². The van der Waals surface area contributed by atoms with Crippen LogP contribution in [0.4, 0.5) is 15.4 Å². The third-order valence-corrected chi connectivity index (χ3v) is 5.12. The van der Waals surface area contributed by atoms with Gasteiger partial charge >= 0.3 is 12.2 Å². The molecule has 0 saturated heterocycles. The standard InChI is InChI=1S/C25H33N3O4/c1-18(26-23(29)31-17-19-9-6-5-7-10-19)12-14-21-15-13-20-11-8-16-28(22(20)27-21)24(30)32-25(2,3)4/h5-7,9-10,13,15,18H,8,11-12,14,16-17H2,1-4H3,(H,26,29)/t18-/m0/s1. The van der Waals surface area contributed by atoms with Crippen molar-refractivity contribution < 1.29 is 19.1 Å². The van der Waals surface area contributed by atoms with E-state index < -0.39 is 11.7 Å². The van der Waals surface area contributed by atoms with Gasteiger partial charge in [-0.25, -0.2) is 14.6 Å². The molecule has 0 saturated carbocycles. The van der Waals surface area contributed by atoms with Gasteiger partial charge in [-0.3, -0.25) is 4.90 Å². The number of hydrogen-bond donors (Lipinski definition) is 1. The highest BCUT2D eigenvalue weighted by Crippen LogP contribution is 2.27. The molecule has 2 heterocycles. The fraction of sp³-hybridized carbons (Fsp3) is 0.480. The molecule has 1 aromatic carbocycles. The van der Waals surface area contributed by atoms with Crippen molar-refractivity contribution >= 4 is 18.0 Å². The molecule has 3 rings (SSSR count). The molecule has 1 aromatic heterocycles. The van der Waals surface area contributed by atoms with Crippen LogP contribution in [0.3, 0.4) is 0 Å². The summed E-state index contributed by atoms with van der Waals surface area (Å²) in [5.74, 6) is 0.686. The Morgan fingerprint density at radius 1 is 1.16 bits per heavy atom. The molecule has 2 aromatic rings. The second-order valence-corrected chi connectivity index (χ2v) is 9.17. The number of nitrogens with zero attached hydrogens (tertiary/aromatic N) is 2. The summed E-state index contributed by atoms with van der Waals surface area (Å²) in [7, 11) is 0. The molecule has 0 fully saturated rings. The van der Waals surface area contributed by atoms with Gasteiger partial charge in [0, 0.05) is 18.3 Å². The molecule has 1 atom stereocenters. The minimum absolute atomic E-state index is 0.0712. The Hall–Kier alpha value is -3.09. The Balaban J connectivity index is 1.53. The molecule has 1 aliphatic rings. The summed E-state index contributed by atoms with van der Waals surface area (Å²) in [5.41, 5.74) is 2.33. The first kappa shape index (κ1) is 23.6. The number of hydrogen-bond acceptors (Lipinski definition) is 5. The third kappa shape index (κ3) is 6.97. The van der Waals surface area contributed by atoms with E-state index in [1.807, 2.05) is 70.2 Å². The Morgan fingerprint density at radius 3 is 2.62 bits per heavy atom. The lowest BCUT2D eigenvalue weighted by Crippen LogP contribution is -2.40. The zero-order chi connectivity index (χ0) is 23.1. The fourth-order valence-corrected chi connectivity index (χ4v) is 3.52. The van der Waals surface area contributed by atoms with Gasteiger partial charge in [-0.15, -0.1) is 0 Å². The summed E-state index contributed by atoms with van der Waals surface area (Å²) in [6.07, 6.45) is 2.37. The summed E-state index contributed by atoms with van der Waals surface area (Å²) in [6, 6.07) is 13.5. The highest BCUT2D eigenvalue weighted by molar-refractivity contribution is 5.88. The fourth-order valence-electron chi connectivity index (χ4n) is 3.52. The van der Waals surface area contributed by atoms with Crippen molar-refractivity contribution in [3.8, 4) is 0 Å². The van der Waals surface area contributed by atoms with Gasteiger partial charge in [-0.1, -0.05) is 36.4 Å². The minimum Gasteiger partial charge on any atom is -0.445 e. The van der Waals surface area contributed by atoms with Crippen molar-refractivity contribution in [2.45, 2.75) is 71.6 Å². The van der Waals surface area contributed by atoms with Crippen LogP contribution < -0.4 is 10.2 Å². The SMILES string of the molecule is C[C@@H](CCc1ccc2c(n1)N(C(=O)OC(C)(C)C)CCC2)NC(=O)OCc1ccccc1. The third-order valence-electron chi connectivity index (χ3n) is 5.12. The smallest absolute Gasteiger partial charge is 0.416 e. The molecular weight excluding hydrogens is 406 g/mol. The van der Waals surface area contributed by atoms with Crippen molar-refractivity contribution in [3.05, 3.63) is 59.3 Å². The van der Waals surface area contributed by atoms with Gasteiger partial charge in [-0.2, -0.15) is 0 Å². The van der Waals surface area contributed by atoms with Gasteiger partial charge in [0.15, 0.2) is 0 Å².